The van der Waals surface area contributed by atoms with Crippen LogP contribution in [0.4, 0.5) is 5.69 Å². The Kier molecular flexibility index (Phi) is 6.52. The van der Waals surface area contributed by atoms with Crippen molar-refractivity contribution in [2.45, 2.75) is 31.1 Å². The molecule has 164 valence electrons. The molecule has 0 fully saturated rings. The SMILES string of the molecule is CCCCOc1ccc(CCNC(=O)c2ccc3c(c2)SC2=NS(=O)(=O)CCN23)cc1. The summed E-state index contributed by atoms with van der Waals surface area (Å²) in [7, 11) is -3.39. The van der Waals surface area contributed by atoms with Gasteiger partial charge in [-0.1, -0.05) is 25.5 Å². The number of rotatable bonds is 8. The van der Waals surface area contributed by atoms with Crippen LogP contribution in [-0.2, 0) is 16.4 Å². The van der Waals surface area contributed by atoms with Crippen LogP contribution in [0.5, 0.6) is 5.75 Å². The van der Waals surface area contributed by atoms with E-state index in [-0.39, 0.29) is 11.7 Å². The third-order valence-corrected chi connectivity index (χ3v) is 7.43. The summed E-state index contributed by atoms with van der Waals surface area (Å²) >= 11 is 1.29. The van der Waals surface area contributed by atoms with Crippen LogP contribution >= 0.6 is 11.8 Å². The summed E-state index contributed by atoms with van der Waals surface area (Å²) in [4.78, 5) is 15.3. The quantitative estimate of drug-likeness (QED) is 0.609. The fourth-order valence-electron chi connectivity index (χ4n) is 3.38. The highest BCUT2D eigenvalue weighted by Gasteiger charge is 2.33. The van der Waals surface area contributed by atoms with Gasteiger partial charge in [0.1, 0.15) is 5.75 Å². The fourth-order valence-corrected chi connectivity index (χ4v) is 5.68. The molecular weight excluding hydrogens is 434 g/mol. The predicted octanol–water partition coefficient (Wildman–Crippen LogP) is 3.45. The van der Waals surface area contributed by atoms with Crippen molar-refractivity contribution in [2.75, 3.05) is 30.3 Å². The van der Waals surface area contributed by atoms with Crippen LogP contribution in [0.2, 0.25) is 0 Å². The molecule has 7 nitrogen and oxygen atoms in total. The summed E-state index contributed by atoms with van der Waals surface area (Å²) in [5.41, 5.74) is 2.58. The van der Waals surface area contributed by atoms with E-state index >= 15 is 0 Å². The number of nitrogens with one attached hydrogen (secondary N) is 1. The smallest absolute Gasteiger partial charge is 0.257 e. The molecule has 0 saturated heterocycles. The number of anilines is 1. The highest BCUT2D eigenvalue weighted by molar-refractivity contribution is 8.15. The molecule has 0 bridgehead atoms. The van der Waals surface area contributed by atoms with Crippen LogP contribution in [0.3, 0.4) is 0 Å². The molecule has 4 rings (SSSR count). The molecule has 0 radical (unpaired) electrons. The lowest BCUT2D eigenvalue weighted by Crippen LogP contribution is -2.35. The van der Waals surface area contributed by atoms with Gasteiger partial charge in [-0.3, -0.25) is 4.79 Å². The van der Waals surface area contributed by atoms with Crippen molar-refractivity contribution in [2.24, 2.45) is 4.40 Å². The Balaban J connectivity index is 1.31. The second kappa shape index (κ2) is 9.32. The van der Waals surface area contributed by atoms with E-state index in [1.165, 1.54) is 11.8 Å². The van der Waals surface area contributed by atoms with Crippen LogP contribution in [0, 0.1) is 0 Å². The number of nitrogens with zero attached hydrogens (tertiary/aromatic N) is 2. The first-order valence-electron chi connectivity index (χ1n) is 10.4. The number of carbonyl (C=O) groups excluding carboxylic acids is 1. The summed E-state index contributed by atoms with van der Waals surface area (Å²) in [5, 5.41) is 3.41. The first-order chi connectivity index (χ1) is 14.9. The zero-order valence-electron chi connectivity index (χ0n) is 17.3. The van der Waals surface area contributed by atoms with Gasteiger partial charge in [-0.05, 0) is 60.5 Å². The van der Waals surface area contributed by atoms with E-state index in [1.807, 2.05) is 35.2 Å². The van der Waals surface area contributed by atoms with Gasteiger partial charge in [0.05, 0.1) is 18.0 Å². The van der Waals surface area contributed by atoms with Gasteiger partial charge in [-0.2, -0.15) is 0 Å². The molecule has 0 aromatic heterocycles. The zero-order chi connectivity index (χ0) is 21.8. The fraction of sp³-hybridized carbons (Fsp3) is 0.364. The minimum Gasteiger partial charge on any atom is -0.494 e. The number of unbranched alkanes of at least 4 members (excludes halogenated alkanes) is 1. The molecule has 2 aromatic carbocycles. The number of hydrogen-bond donors (Lipinski definition) is 1. The van der Waals surface area contributed by atoms with Crippen molar-refractivity contribution in [1.82, 2.24) is 5.32 Å². The molecule has 2 aliphatic rings. The Morgan fingerprint density at radius 3 is 2.81 bits per heavy atom. The van der Waals surface area contributed by atoms with Gasteiger partial charge in [0.2, 0.25) is 0 Å². The highest BCUT2D eigenvalue weighted by atomic mass is 32.2. The second-order valence-corrected chi connectivity index (χ2v) is 10.2. The predicted molar refractivity (Wildman–Crippen MR) is 124 cm³/mol. The maximum atomic E-state index is 12.6. The van der Waals surface area contributed by atoms with Crippen molar-refractivity contribution in [1.29, 1.82) is 0 Å². The Morgan fingerprint density at radius 1 is 1.23 bits per heavy atom. The van der Waals surface area contributed by atoms with Crippen molar-refractivity contribution in [3.8, 4) is 5.75 Å². The lowest BCUT2D eigenvalue weighted by Gasteiger charge is -2.22. The zero-order valence-corrected chi connectivity index (χ0v) is 19.0. The Hall–Kier alpha value is -2.52. The molecule has 2 heterocycles. The average molecular weight is 460 g/mol. The maximum absolute atomic E-state index is 12.6. The van der Waals surface area contributed by atoms with E-state index in [1.54, 1.807) is 12.1 Å². The van der Waals surface area contributed by atoms with Crippen LogP contribution in [0.25, 0.3) is 0 Å². The van der Waals surface area contributed by atoms with E-state index < -0.39 is 10.0 Å². The number of hydrogen-bond acceptors (Lipinski definition) is 6. The van der Waals surface area contributed by atoms with Gasteiger partial charge in [0.15, 0.2) is 5.17 Å². The topological polar surface area (TPSA) is 88.1 Å². The number of sulfonamides is 1. The first-order valence-corrected chi connectivity index (χ1v) is 12.8. The van der Waals surface area contributed by atoms with Crippen molar-refractivity contribution in [3.63, 3.8) is 0 Å². The number of carbonyl (C=O) groups is 1. The molecule has 0 spiro atoms. The summed E-state index contributed by atoms with van der Waals surface area (Å²) < 4.78 is 33.0. The van der Waals surface area contributed by atoms with Crippen LogP contribution < -0.4 is 15.0 Å². The van der Waals surface area contributed by atoms with E-state index in [4.69, 9.17) is 4.74 Å². The van der Waals surface area contributed by atoms with Gasteiger partial charge in [-0.25, -0.2) is 8.42 Å². The van der Waals surface area contributed by atoms with Gasteiger partial charge in [0.25, 0.3) is 15.9 Å². The number of fused-ring (bicyclic) bond motifs is 3. The monoisotopic (exact) mass is 459 g/mol. The molecule has 31 heavy (non-hydrogen) atoms. The van der Waals surface area contributed by atoms with E-state index in [2.05, 4.69) is 16.6 Å². The molecule has 9 heteroatoms. The normalized spacial score (nSPS) is 16.3. The molecule has 0 atom stereocenters. The van der Waals surface area contributed by atoms with E-state index in [0.717, 1.165) is 47.8 Å². The Bertz CT molecular complexity index is 1100. The molecule has 2 aliphatic heterocycles. The third-order valence-electron chi connectivity index (χ3n) is 5.12. The Labute approximate surface area is 186 Å². The average Bonchev–Trinajstić information content (AvgIpc) is 3.10. The summed E-state index contributed by atoms with van der Waals surface area (Å²) in [6.07, 6.45) is 2.87. The number of ether oxygens (including phenoxy) is 1. The van der Waals surface area contributed by atoms with Gasteiger partial charge in [0, 0.05) is 23.5 Å². The molecule has 2 aromatic rings. The third kappa shape index (κ3) is 5.22. The minimum atomic E-state index is -3.39. The van der Waals surface area contributed by atoms with Crippen LogP contribution in [-0.4, -0.2) is 44.9 Å². The number of benzene rings is 2. The molecule has 0 unspecified atom stereocenters. The van der Waals surface area contributed by atoms with Crippen LogP contribution in [0.1, 0.15) is 35.7 Å². The molecule has 0 saturated carbocycles. The van der Waals surface area contributed by atoms with Crippen molar-refractivity contribution in [3.05, 3.63) is 53.6 Å². The van der Waals surface area contributed by atoms with Gasteiger partial charge >= 0.3 is 0 Å². The molecule has 1 N–H and O–H groups in total. The van der Waals surface area contributed by atoms with Crippen LogP contribution in [0.15, 0.2) is 51.8 Å². The lowest BCUT2D eigenvalue weighted by atomic mass is 10.1. The lowest BCUT2D eigenvalue weighted by molar-refractivity contribution is 0.0954. The highest BCUT2D eigenvalue weighted by Crippen LogP contribution is 2.42. The number of amidine groups is 1. The standard InChI is InChI=1S/C22H25N3O4S2/c1-2-3-13-29-18-7-4-16(5-8-18)10-11-23-21(26)17-6-9-19-20(15-17)30-22-24-31(27,28)14-12-25(19)22/h4-9,15H,2-3,10-14H2,1H3,(H,23,26). The first kappa shape index (κ1) is 21.7. The molecule has 1 amide bonds. The second-order valence-electron chi connectivity index (χ2n) is 7.45. The largest absolute Gasteiger partial charge is 0.494 e. The van der Waals surface area contributed by atoms with E-state index in [9.17, 15) is 13.2 Å². The van der Waals surface area contributed by atoms with E-state index in [0.29, 0.717) is 23.8 Å². The number of thioether (sulfide) groups is 1. The van der Waals surface area contributed by atoms with Gasteiger partial charge < -0.3 is 15.0 Å². The summed E-state index contributed by atoms with van der Waals surface area (Å²) in [6, 6.07) is 13.4. The minimum absolute atomic E-state index is 0.00455. The summed E-state index contributed by atoms with van der Waals surface area (Å²) in [6.45, 7) is 3.77. The molecular formula is C22H25N3O4S2. The van der Waals surface area contributed by atoms with Crippen molar-refractivity contribution >= 4 is 38.5 Å². The maximum Gasteiger partial charge on any atom is 0.257 e. The van der Waals surface area contributed by atoms with Crippen molar-refractivity contribution < 1.29 is 17.9 Å². The van der Waals surface area contributed by atoms with Gasteiger partial charge in [-0.15, -0.1) is 4.40 Å². The Morgan fingerprint density at radius 2 is 2.03 bits per heavy atom. The summed E-state index contributed by atoms with van der Waals surface area (Å²) in [5.74, 6) is 0.720. The number of amides is 1. The molecule has 0 aliphatic carbocycles.